The molecule has 4 rings (SSSR count). The van der Waals surface area contributed by atoms with Crippen molar-refractivity contribution in [2.45, 2.75) is 13.0 Å². The second kappa shape index (κ2) is 8.07. The van der Waals surface area contributed by atoms with Crippen LogP contribution in [-0.2, 0) is 17.8 Å². The van der Waals surface area contributed by atoms with Crippen LogP contribution in [0, 0.1) is 0 Å². The zero-order valence-electron chi connectivity index (χ0n) is 15.1. The Morgan fingerprint density at radius 3 is 2.52 bits per heavy atom. The van der Waals surface area contributed by atoms with E-state index in [4.69, 9.17) is 16.6 Å². The lowest BCUT2D eigenvalue weighted by Crippen LogP contribution is -2.48. The minimum Gasteiger partial charge on any atom is -0.340 e. The van der Waals surface area contributed by atoms with Crippen molar-refractivity contribution in [3.8, 4) is 0 Å². The van der Waals surface area contributed by atoms with Crippen molar-refractivity contribution in [1.29, 1.82) is 0 Å². The molecule has 5 heteroatoms. The highest BCUT2D eigenvalue weighted by atomic mass is 35.5. The average Bonchev–Trinajstić information content (AvgIpc) is 2.69. The van der Waals surface area contributed by atoms with E-state index in [0.29, 0.717) is 6.42 Å². The van der Waals surface area contributed by atoms with Crippen LogP contribution >= 0.6 is 11.6 Å². The minimum atomic E-state index is 0.210. The number of carbonyl (C=O) groups excluding carboxylic acids is 1. The third-order valence-corrected chi connectivity index (χ3v) is 5.25. The largest absolute Gasteiger partial charge is 0.340 e. The number of hydrogen-bond acceptors (Lipinski definition) is 3. The summed E-state index contributed by atoms with van der Waals surface area (Å²) in [6, 6.07) is 19.8. The van der Waals surface area contributed by atoms with E-state index in [1.807, 2.05) is 53.4 Å². The quantitative estimate of drug-likeness (QED) is 0.692. The summed E-state index contributed by atoms with van der Waals surface area (Å²) in [5.74, 6) is 0.210. The Morgan fingerprint density at radius 2 is 1.74 bits per heavy atom. The number of nitrogens with zero attached hydrogens (tertiary/aromatic N) is 3. The first-order valence-electron chi connectivity index (χ1n) is 9.27. The monoisotopic (exact) mass is 379 g/mol. The van der Waals surface area contributed by atoms with Gasteiger partial charge in [-0.25, -0.2) is 0 Å². The molecule has 1 fully saturated rings. The second-order valence-electron chi connectivity index (χ2n) is 6.96. The molecule has 1 aliphatic rings. The molecule has 0 aliphatic carbocycles. The van der Waals surface area contributed by atoms with Gasteiger partial charge in [0.25, 0.3) is 0 Å². The molecule has 0 atom stereocenters. The van der Waals surface area contributed by atoms with Gasteiger partial charge in [-0.15, -0.1) is 0 Å². The number of hydrogen-bond donors (Lipinski definition) is 0. The van der Waals surface area contributed by atoms with E-state index in [1.54, 1.807) is 0 Å². The van der Waals surface area contributed by atoms with Crippen LogP contribution in [0.25, 0.3) is 10.9 Å². The Kier molecular flexibility index (Phi) is 5.37. The van der Waals surface area contributed by atoms with E-state index in [9.17, 15) is 4.79 Å². The summed E-state index contributed by atoms with van der Waals surface area (Å²) in [6.07, 6.45) is 0.482. The molecule has 1 aromatic heterocycles. The molecule has 0 bridgehead atoms. The highest BCUT2D eigenvalue weighted by Gasteiger charge is 2.21. The number of piperazine rings is 1. The van der Waals surface area contributed by atoms with Crippen LogP contribution in [-0.4, -0.2) is 46.9 Å². The number of halogens is 1. The number of amides is 1. The van der Waals surface area contributed by atoms with Gasteiger partial charge in [0, 0.05) is 43.1 Å². The van der Waals surface area contributed by atoms with Crippen molar-refractivity contribution in [1.82, 2.24) is 14.8 Å². The number of pyridine rings is 1. The Labute approximate surface area is 164 Å². The van der Waals surface area contributed by atoms with Crippen LogP contribution < -0.4 is 0 Å². The van der Waals surface area contributed by atoms with Crippen molar-refractivity contribution < 1.29 is 4.79 Å². The van der Waals surface area contributed by atoms with Gasteiger partial charge in [-0.2, -0.15) is 0 Å². The van der Waals surface area contributed by atoms with Gasteiger partial charge < -0.3 is 4.90 Å². The maximum absolute atomic E-state index is 12.5. The predicted octanol–water partition coefficient (Wildman–Crippen LogP) is 3.78. The van der Waals surface area contributed by atoms with Crippen molar-refractivity contribution in [3.63, 3.8) is 0 Å². The maximum Gasteiger partial charge on any atom is 0.227 e. The molecule has 3 aromatic rings. The molecule has 1 aliphatic heterocycles. The predicted molar refractivity (Wildman–Crippen MR) is 109 cm³/mol. The molecule has 2 heterocycles. The van der Waals surface area contributed by atoms with Crippen molar-refractivity contribution >= 4 is 28.4 Å². The Bertz CT molecular complexity index is 937. The first kappa shape index (κ1) is 18.0. The zero-order valence-corrected chi connectivity index (χ0v) is 15.9. The summed E-state index contributed by atoms with van der Waals surface area (Å²) in [5, 5.41) is 1.79. The SMILES string of the molecule is O=C(Cc1ccccc1)N1CCN(Cc2ccc3cc(Cl)ccc3n2)CC1. The van der Waals surface area contributed by atoms with E-state index < -0.39 is 0 Å². The number of fused-ring (bicyclic) bond motifs is 1. The van der Waals surface area contributed by atoms with Crippen LogP contribution in [0.2, 0.25) is 5.02 Å². The number of carbonyl (C=O) groups is 1. The average molecular weight is 380 g/mol. The van der Waals surface area contributed by atoms with Gasteiger partial charge in [-0.05, 0) is 29.8 Å². The lowest BCUT2D eigenvalue weighted by atomic mass is 10.1. The van der Waals surface area contributed by atoms with Gasteiger partial charge in [-0.3, -0.25) is 14.7 Å². The van der Waals surface area contributed by atoms with Gasteiger partial charge in [0.2, 0.25) is 5.91 Å². The fraction of sp³-hybridized carbons (Fsp3) is 0.273. The molecule has 0 unspecified atom stereocenters. The number of aromatic nitrogens is 1. The molecule has 2 aromatic carbocycles. The van der Waals surface area contributed by atoms with E-state index in [-0.39, 0.29) is 5.91 Å². The molecule has 27 heavy (non-hydrogen) atoms. The summed E-state index contributed by atoms with van der Waals surface area (Å²) in [4.78, 5) is 21.6. The van der Waals surface area contributed by atoms with Gasteiger partial charge in [0.05, 0.1) is 17.6 Å². The normalized spacial score (nSPS) is 15.2. The fourth-order valence-electron chi connectivity index (χ4n) is 3.49. The summed E-state index contributed by atoms with van der Waals surface area (Å²) < 4.78 is 0. The Morgan fingerprint density at radius 1 is 0.963 bits per heavy atom. The summed E-state index contributed by atoms with van der Waals surface area (Å²) in [5.41, 5.74) is 3.09. The van der Waals surface area contributed by atoms with Gasteiger partial charge >= 0.3 is 0 Å². The minimum absolute atomic E-state index is 0.210. The summed E-state index contributed by atoms with van der Waals surface area (Å²) >= 11 is 6.04. The molecule has 0 radical (unpaired) electrons. The summed E-state index contributed by atoms with van der Waals surface area (Å²) in [7, 11) is 0. The molecular formula is C22H22ClN3O. The second-order valence-corrected chi connectivity index (χ2v) is 7.40. The van der Waals surface area contributed by atoms with E-state index in [0.717, 1.165) is 59.9 Å². The molecule has 1 saturated heterocycles. The van der Waals surface area contributed by atoms with E-state index in [2.05, 4.69) is 17.0 Å². The Hall–Kier alpha value is -2.43. The lowest BCUT2D eigenvalue weighted by molar-refractivity contribution is -0.132. The van der Waals surface area contributed by atoms with Gasteiger partial charge in [0.15, 0.2) is 0 Å². The van der Waals surface area contributed by atoms with Gasteiger partial charge in [0.1, 0.15) is 0 Å². The molecule has 4 nitrogen and oxygen atoms in total. The van der Waals surface area contributed by atoms with Crippen LogP contribution in [0.15, 0.2) is 60.7 Å². The molecule has 0 spiro atoms. The first-order chi connectivity index (χ1) is 13.2. The van der Waals surface area contributed by atoms with E-state index in [1.165, 1.54) is 0 Å². The van der Waals surface area contributed by atoms with Crippen molar-refractivity contribution in [2.75, 3.05) is 26.2 Å². The highest BCUT2D eigenvalue weighted by molar-refractivity contribution is 6.31. The third-order valence-electron chi connectivity index (χ3n) is 5.02. The molecule has 0 saturated carbocycles. The standard InChI is InChI=1S/C22H22ClN3O/c23-19-7-9-21-18(15-19)6-8-20(24-21)16-25-10-12-26(13-11-25)22(27)14-17-4-2-1-3-5-17/h1-9,15H,10-14,16H2. The maximum atomic E-state index is 12.5. The van der Waals surface area contributed by atoms with E-state index >= 15 is 0 Å². The van der Waals surface area contributed by atoms with Crippen molar-refractivity contribution in [2.24, 2.45) is 0 Å². The first-order valence-corrected chi connectivity index (χ1v) is 9.64. The Balaban J connectivity index is 1.33. The molecule has 0 N–H and O–H groups in total. The summed E-state index contributed by atoms with van der Waals surface area (Å²) in [6.45, 7) is 4.10. The van der Waals surface area contributed by atoms with Crippen molar-refractivity contribution in [3.05, 3.63) is 76.9 Å². The third kappa shape index (κ3) is 4.46. The van der Waals surface area contributed by atoms with Crippen LogP contribution in [0.4, 0.5) is 0 Å². The van der Waals surface area contributed by atoms with Gasteiger partial charge in [-0.1, -0.05) is 48.0 Å². The molecular weight excluding hydrogens is 358 g/mol. The highest BCUT2D eigenvalue weighted by Crippen LogP contribution is 2.19. The lowest BCUT2D eigenvalue weighted by Gasteiger charge is -2.34. The molecule has 1 amide bonds. The number of benzene rings is 2. The zero-order chi connectivity index (χ0) is 18.6. The topological polar surface area (TPSA) is 36.4 Å². The van der Waals surface area contributed by atoms with Crippen LogP contribution in [0.5, 0.6) is 0 Å². The molecule has 138 valence electrons. The number of rotatable bonds is 4. The van der Waals surface area contributed by atoms with Crippen LogP contribution in [0.3, 0.4) is 0 Å². The fourth-order valence-corrected chi connectivity index (χ4v) is 3.67. The smallest absolute Gasteiger partial charge is 0.227 e. The van der Waals surface area contributed by atoms with Crippen LogP contribution in [0.1, 0.15) is 11.3 Å².